The van der Waals surface area contributed by atoms with Crippen LogP contribution in [0.4, 0.5) is 5.69 Å². The van der Waals surface area contributed by atoms with E-state index in [4.69, 9.17) is 4.42 Å². The molecule has 1 amide bonds. The Balaban J connectivity index is 1.80. The van der Waals surface area contributed by atoms with Gasteiger partial charge in [0.1, 0.15) is 24.2 Å². The average Bonchev–Trinajstić information content (AvgIpc) is 3.05. The standard InChI is InChI=1S/C13H13N5O2/c1-8(18-7-14-6-15-18)13(19)17-10-3-4-12-11(5-10)16-9(2)20-12/h3-8H,1-2H3,(H,17,19). The van der Waals surface area contributed by atoms with E-state index in [9.17, 15) is 4.79 Å². The number of fused-ring (bicyclic) bond motifs is 1. The number of hydrogen-bond acceptors (Lipinski definition) is 5. The summed E-state index contributed by atoms with van der Waals surface area (Å²) in [6, 6.07) is 4.90. The summed E-state index contributed by atoms with van der Waals surface area (Å²) in [5.41, 5.74) is 2.08. The van der Waals surface area contributed by atoms with E-state index in [2.05, 4.69) is 20.4 Å². The molecule has 0 aliphatic rings. The minimum absolute atomic E-state index is 0.171. The zero-order chi connectivity index (χ0) is 14.1. The lowest BCUT2D eigenvalue weighted by Gasteiger charge is -2.11. The molecule has 1 atom stereocenters. The van der Waals surface area contributed by atoms with Gasteiger partial charge in [-0.3, -0.25) is 4.79 Å². The molecule has 20 heavy (non-hydrogen) atoms. The van der Waals surface area contributed by atoms with E-state index in [1.807, 2.05) is 0 Å². The lowest BCUT2D eigenvalue weighted by atomic mass is 10.2. The molecular weight excluding hydrogens is 258 g/mol. The number of nitrogens with one attached hydrogen (secondary N) is 1. The van der Waals surface area contributed by atoms with E-state index < -0.39 is 6.04 Å². The third-order valence-electron chi connectivity index (χ3n) is 2.97. The first-order chi connectivity index (χ1) is 9.63. The minimum atomic E-state index is -0.438. The van der Waals surface area contributed by atoms with Gasteiger partial charge >= 0.3 is 0 Å². The van der Waals surface area contributed by atoms with Crippen LogP contribution in [0, 0.1) is 6.92 Å². The van der Waals surface area contributed by atoms with Gasteiger partial charge in [0.05, 0.1) is 0 Å². The van der Waals surface area contributed by atoms with Gasteiger partial charge in [0.2, 0.25) is 5.91 Å². The van der Waals surface area contributed by atoms with Crippen molar-refractivity contribution in [2.75, 3.05) is 5.32 Å². The third kappa shape index (κ3) is 2.25. The van der Waals surface area contributed by atoms with Crippen LogP contribution in [0.15, 0.2) is 35.3 Å². The molecule has 0 radical (unpaired) electrons. The summed E-state index contributed by atoms with van der Waals surface area (Å²) in [5.74, 6) is 0.425. The Bertz CT molecular complexity index is 747. The van der Waals surface area contributed by atoms with E-state index in [1.165, 1.54) is 17.3 Å². The highest BCUT2D eigenvalue weighted by Crippen LogP contribution is 2.20. The molecule has 7 heteroatoms. The van der Waals surface area contributed by atoms with Crippen molar-refractivity contribution in [2.24, 2.45) is 0 Å². The number of nitrogens with zero attached hydrogens (tertiary/aromatic N) is 4. The topological polar surface area (TPSA) is 85.8 Å². The first-order valence-corrected chi connectivity index (χ1v) is 6.15. The van der Waals surface area contributed by atoms with Crippen molar-refractivity contribution in [1.82, 2.24) is 19.7 Å². The number of carbonyl (C=O) groups excluding carboxylic acids is 1. The fourth-order valence-corrected chi connectivity index (χ4v) is 1.90. The number of oxazole rings is 1. The molecule has 1 N–H and O–H groups in total. The molecule has 2 aromatic heterocycles. The normalized spacial score (nSPS) is 12.5. The largest absolute Gasteiger partial charge is 0.441 e. The molecule has 7 nitrogen and oxygen atoms in total. The number of rotatable bonds is 3. The van der Waals surface area contributed by atoms with E-state index >= 15 is 0 Å². The van der Waals surface area contributed by atoms with Crippen LogP contribution in [0.3, 0.4) is 0 Å². The summed E-state index contributed by atoms with van der Waals surface area (Å²) in [6.45, 7) is 3.54. The van der Waals surface area contributed by atoms with Crippen molar-refractivity contribution in [3.63, 3.8) is 0 Å². The highest BCUT2D eigenvalue weighted by molar-refractivity contribution is 5.95. The second-order valence-electron chi connectivity index (χ2n) is 4.46. The number of hydrogen-bond donors (Lipinski definition) is 1. The molecule has 3 rings (SSSR count). The van der Waals surface area contributed by atoms with Crippen molar-refractivity contribution < 1.29 is 9.21 Å². The molecule has 1 unspecified atom stereocenters. The first-order valence-electron chi connectivity index (χ1n) is 6.15. The predicted octanol–water partition coefficient (Wildman–Crippen LogP) is 1.93. The van der Waals surface area contributed by atoms with Crippen molar-refractivity contribution in [3.05, 3.63) is 36.7 Å². The summed E-state index contributed by atoms with van der Waals surface area (Å²) < 4.78 is 6.88. The molecule has 1 aromatic carbocycles. The minimum Gasteiger partial charge on any atom is -0.441 e. The zero-order valence-electron chi connectivity index (χ0n) is 11.1. The lowest BCUT2D eigenvalue weighted by Crippen LogP contribution is -2.23. The Kier molecular flexibility index (Phi) is 2.94. The van der Waals surface area contributed by atoms with Crippen LogP contribution in [0.2, 0.25) is 0 Å². The maximum Gasteiger partial charge on any atom is 0.249 e. The summed E-state index contributed by atoms with van der Waals surface area (Å²) in [4.78, 5) is 20.2. The Morgan fingerprint density at radius 1 is 1.45 bits per heavy atom. The van der Waals surface area contributed by atoms with Gasteiger partial charge < -0.3 is 9.73 Å². The number of benzene rings is 1. The fourth-order valence-electron chi connectivity index (χ4n) is 1.90. The highest BCUT2D eigenvalue weighted by atomic mass is 16.3. The molecule has 0 saturated heterocycles. The molecule has 0 spiro atoms. The average molecular weight is 271 g/mol. The molecule has 0 bridgehead atoms. The Morgan fingerprint density at radius 3 is 3.05 bits per heavy atom. The van der Waals surface area contributed by atoms with Crippen LogP contribution < -0.4 is 5.32 Å². The van der Waals surface area contributed by atoms with Gasteiger partial charge in [0, 0.05) is 12.6 Å². The molecule has 0 aliphatic heterocycles. The second-order valence-corrected chi connectivity index (χ2v) is 4.46. The van der Waals surface area contributed by atoms with Gasteiger partial charge in [-0.2, -0.15) is 5.10 Å². The van der Waals surface area contributed by atoms with Crippen LogP contribution in [-0.4, -0.2) is 25.7 Å². The van der Waals surface area contributed by atoms with Gasteiger partial charge in [-0.15, -0.1) is 0 Å². The zero-order valence-corrected chi connectivity index (χ0v) is 11.1. The van der Waals surface area contributed by atoms with Gasteiger partial charge in [-0.25, -0.2) is 14.6 Å². The van der Waals surface area contributed by atoms with Crippen LogP contribution in [-0.2, 0) is 4.79 Å². The molecule has 102 valence electrons. The second kappa shape index (κ2) is 4.76. The predicted molar refractivity (Wildman–Crippen MR) is 72.1 cm³/mol. The van der Waals surface area contributed by atoms with Gasteiger partial charge in [0.25, 0.3) is 0 Å². The number of aromatic nitrogens is 4. The number of amides is 1. The van der Waals surface area contributed by atoms with Crippen LogP contribution in [0.25, 0.3) is 11.1 Å². The Hall–Kier alpha value is -2.70. The number of anilines is 1. The van der Waals surface area contributed by atoms with Crippen LogP contribution in [0.1, 0.15) is 18.9 Å². The van der Waals surface area contributed by atoms with Crippen molar-refractivity contribution in [3.8, 4) is 0 Å². The van der Waals surface area contributed by atoms with Gasteiger partial charge in [-0.05, 0) is 25.1 Å². The molecule has 0 fully saturated rings. The van der Waals surface area contributed by atoms with E-state index in [-0.39, 0.29) is 5.91 Å². The van der Waals surface area contributed by atoms with Gasteiger partial charge in [0.15, 0.2) is 11.5 Å². The summed E-state index contributed by atoms with van der Waals surface area (Å²) in [6.07, 6.45) is 2.91. The van der Waals surface area contributed by atoms with E-state index in [0.29, 0.717) is 22.7 Å². The molecule has 3 aromatic rings. The van der Waals surface area contributed by atoms with E-state index in [1.54, 1.807) is 32.0 Å². The molecule has 0 saturated carbocycles. The van der Waals surface area contributed by atoms with Crippen molar-refractivity contribution in [1.29, 1.82) is 0 Å². The Labute approximate surface area is 114 Å². The smallest absolute Gasteiger partial charge is 0.249 e. The van der Waals surface area contributed by atoms with Crippen LogP contribution >= 0.6 is 0 Å². The van der Waals surface area contributed by atoms with Crippen molar-refractivity contribution >= 4 is 22.7 Å². The number of carbonyl (C=O) groups is 1. The molecule has 2 heterocycles. The summed E-state index contributed by atoms with van der Waals surface area (Å²) >= 11 is 0. The van der Waals surface area contributed by atoms with Crippen LogP contribution in [0.5, 0.6) is 0 Å². The maximum absolute atomic E-state index is 12.1. The monoisotopic (exact) mass is 271 g/mol. The third-order valence-corrected chi connectivity index (χ3v) is 2.97. The Morgan fingerprint density at radius 2 is 2.30 bits per heavy atom. The maximum atomic E-state index is 12.1. The van der Waals surface area contributed by atoms with Crippen molar-refractivity contribution in [2.45, 2.75) is 19.9 Å². The highest BCUT2D eigenvalue weighted by Gasteiger charge is 2.15. The van der Waals surface area contributed by atoms with E-state index in [0.717, 1.165) is 0 Å². The summed E-state index contributed by atoms with van der Waals surface area (Å²) in [7, 11) is 0. The molecular formula is C13H13N5O2. The van der Waals surface area contributed by atoms with Gasteiger partial charge in [-0.1, -0.05) is 0 Å². The number of aryl methyl sites for hydroxylation is 1. The molecule has 0 aliphatic carbocycles. The summed E-state index contributed by atoms with van der Waals surface area (Å²) in [5, 5.41) is 6.77. The quantitative estimate of drug-likeness (QED) is 0.786. The fraction of sp³-hybridized carbons (Fsp3) is 0.231. The first kappa shape index (κ1) is 12.3. The SMILES string of the molecule is Cc1nc2cc(NC(=O)C(C)n3cncn3)ccc2o1. The lowest BCUT2D eigenvalue weighted by molar-refractivity contribution is -0.119.